The Labute approximate surface area is 131 Å². The van der Waals surface area contributed by atoms with Gasteiger partial charge in [0.25, 0.3) is 0 Å². The number of ether oxygens (including phenoxy) is 1. The van der Waals surface area contributed by atoms with Crippen molar-refractivity contribution in [1.82, 2.24) is 10.2 Å². The van der Waals surface area contributed by atoms with Crippen LogP contribution in [-0.2, 0) is 4.74 Å². The number of hydrogen-bond acceptors (Lipinski definition) is 3. The fraction of sp³-hybridized carbons (Fsp3) is 1.00. The fourth-order valence-corrected chi connectivity index (χ4v) is 3.34. The van der Waals surface area contributed by atoms with Crippen LogP contribution in [-0.4, -0.2) is 50.3 Å². The molecule has 1 aliphatic heterocycles. The normalized spacial score (nSPS) is 22.4. The highest BCUT2D eigenvalue weighted by Crippen LogP contribution is 2.35. The highest BCUT2D eigenvalue weighted by molar-refractivity contribution is 4.90. The van der Waals surface area contributed by atoms with Crippen LogP contribution in [0.2, 0.25) is 0 Å². The lowest BCUT2D eigenvalue weighted by Gasteiger charge is -2.43. The molecule has 0 amide bonds. The topological polar surface area (TPSA) is 24.5 Å². The van der Waals surface area contributed by atoms with Crippen molar-refractivity contribution in [1.29, 1.82) is 0 Å². The Kier molecular flexibility index (Phi) is 6.51. The predicted molar refractivity (Wildman–Crippen MR) is 89.6 cm³/mol. The van der Waals surface area contributed by atoms with E-state index in [4.69, 9.17) is 4.74 Å². The molecule has 0 unspecified atom stereocenters. The summed E-state index contributed by atoms with van der Waals surface area (Å²) in [6.45, 7) is 16.0. The van der Waals surface area contributed by atoms with E-state index in [1.807, 2.05) is 0 Å². The van der Waals surface area contributed by atoms with Gasteiger partial charge >= 0.3 is 0 Å². The van der Waals surface area contributed by atoms with E-state index in [0.29, 0.717) is 11.5 Å². The molecule has 0 aromatic heterocycles. The molecule has 1 N–H and O–H groups in total. The molecule has 0 atom stereocenters. The molecule has 1 saturated carbocycles. The molecule has 3 nitrogen and oxygen atoms in total. The summed E-state index contributed by atoms with van der Waals surface area (Å²) in [6, 6.07) is 0.662. The number of hydrogen-bond donors (Lipinski definition) is 1. The van der Waals surface area contributed by atoms with Gasteiger partial charge in [-0.05, 0) is 63.3 Å². The van der Waals surface area contributed by atoms with Crippen LogP contribution in [0.1, 0.15) is 53.4 Å². The highest BCUT2D eigenvalue weighted by atomic mass is 16.5. The Morgan fingerprint density at radius 1 is 1.14 bits per heavy atom. The minimum atomic E-state index is 0.423. The van der Waals surface area contributed by atoms with Crippen molar-refractivity contribution >= 4 is 0 Å². The molecule has 0 aromatic carbocycles. The first-order chi connectivity index (χ1) is 10.0. The number of rotatable bonds is 9. The summed E-state index contributed by atoms with van der Waals surface area (Å²) in [5, 5.41) is 3.73. The second-order valence-corrected chi connectivity index (χ2v) is 8.10. The van der Waals surface area contributed by atoms with E-state index >= 15 is 0 Å². The lowest BCUT2D eigenvalue weighted by atomic mass is 9.79. The maximum Gasteiger partial charge on any atom is 0.0472 e. The van der Waals surface area contributed by atoms with Crippen molar-refractivity contribution in [3.8, 4) is 0 Å². The summed E-state index contributed by atoms with van der Waals surface area (Å²) in [7, 11) is 0. The quantitative estimate of drug-likeness (QED) is 0.707. The van der Waals surface area contributed by atoms with Gasteiger partial charge in [-0.3, -0.25) is 0 Å². The molecular weight excluding hydrogens is 260 g/mol. The Hall–Kier alpha value is -0.120. The fourth-order valence-electron chi connectivity index (χ4n) is 3.34. The Morgan fingerprint density at radius 2 is 1.81 bits per heavy atom. The summed E-state index contributed by atoms with van der Waals surface area (Å²) in [5.74, 6) is 1.71. The molecule has 1 heterocycles. The first kappa shape index (κ1) is 17.2. The molecule has 0 spiro atoms. The lowest BCUT2D eigenvalue weighted by molar-refractivity contribution is -0.0105. The van der Waals surface area contributed by atoms with E-state index in [1.165, 1.54) is 38.8 Å². The van der Waals surface area contributed by atoms with Gasteiger partial charge in [0.15, 0.2) is 0 Å². The summed E-state index contributed by atoms with van der Waals surface area (Å²) in [6.07, 6.45) is 5.33. The average molecular weight is 296 g/mol. The monoisotopic (exact) mass is 296 g/mol. The third-order valence-corrected chi connectivity index (χ3v) is 5.06. The van der Waals surface area contributed by atoms with E-state index in [9.17, 15) is 0 Å². The van der Waals surface area contributed by atoms with Gasteiger partial charge in [0.2, 0.25) is 0 Å². The predicted octanol–water partition coefficient (Wildman–Crippen LogP) is 3.15. The molecular formula is C18H36N2O. The molecule has 124 valence electrons. The molecule has 21 heavy (non-hydrogen) atoms. The van der Waals surface area contributed by atoms with Gasteiger partial charge in [-0.15, -0.1) is 0 Å². The van der Waals surface area contributed by atoms with Gasteiger partial charge in [-0.25, -0.2) is 0 Å². The van der Waals surface area contributed by atoms with Crippen LogP contribution < -0.4 is 5.32 Å². The summed E-state index contributed by atoms with van der Waals surface area (Å²) in [4.78, 5) is 2.74. The zero-order valence-corrected chi connectivity index (χ0v) is 14.7. The summed E-state index contributed by atoms with van der Waals surface area (Å²) in [5.41, 5.74) is 0.423. The standard InChI is InChI=1S/C18H36N2O/c1-15(2)11-19-13-18(7-9-21-10-8-18)14-20(16(3)4)12-17-5-6-17/h15-17,19H,5-14H2,1-4H3. The molecule has 0 radical (unpaired) electrons. The maximum absolute atomic E-state index is 5.64. The van der Waals surface area contributed by atoms with Crippen molar-refractivity contribution < 1.29 is 4.74 Å². The molecule has 1 saturated heterocycles. The van der Waals surface area contributed by atoms with E-state index in [0.717, 1.165) is 38.1 Å². The van der Waals surface area contributed by atoms with Crippen molar-refractivity contribution in [3.05, 3.63) is 0 Å². The van der Waals surface area contributed by atoms with Crippen molar-refractivity contribution in [3.63, 3.8) is 0 Å². The summed E-state index contributed by atoms with van der Waals surface area (Å²) >= 11 is 0. The molecule has 2 rings (SSSR count). The molecule has 0 bridgehead atoms. The van der Waals surface area contributed by atoms with Crippen LogP contribution in [0.25, 0.3) is 0 Å². The van der Waals surface area contributed by atoms with Gasteiger partial charge in [0, 0.05) is 38.9 Å². The SMILES string of the molecule is CC(C)CNCC1(CN(CC2CC2)C(C)C)CCOCC1. The van der Waals surface area contributed by atoms with Crippen LogP contribution in [0.4, 0.5) is 0 Å². The Balaban J connectivity index is 1.92. The van der Waals surface area contributed by atoms with Crippen molar-refractivity contribution in [2.75, 3.05) is 39.4 Å². The second kappa shape index (κ2) is 7.94. The van der Waals surface area contributed by atoms with Gasteiger partial charge < -0.3 is 15.0 Å². The zero-order valence-electron chi connectivity index (χ0n) is 14.7. The minimum Gasteiger partial charge on any atom is -0.381 e. The van der Waals surface area contributed by atoms with Gasteiger partial charge in [0.05, 0.1) is 0 Å². The molecule has 2 fully saturated rings. The average Bonchev–Trinajstić information content (AvgIpc) is 3.22. The van der Waals surface area contributed by atoms with Crippen LogP contribution in [0.3, 0.4) is 0 Å². The minimum absolute atomic E-state index is 0.423. The van der Waals surface area contributed by atoms with E-state index in [2.05, 4.69) is 37.9 Å². The molecule has 2 aliphatic rings. The number of nitrogens with zero attached hydrogens (tertiary/aromatic N) is 1. The largest absolute Gasteiger partial charge is 0.381 e. The van der Waals surface area contributed by atoms with Gasteiger partial charge in [-0.1, -0.05) is 13.8 Å². The molecule has 0 aromatic rings. The highest BCUT2D eigenvalue weighted by Gasteiger charge is 2.36. The maximum atomic E-state index is 5.64. The third kappa shape index (κ3) is 5.88. The second-order valence-electron chi connectivity index (χ2n) is 8.10. The third-order valence-electron chi connectivity index (χ3n) is 5.06. The van der Waals surface area contributed by atoms with Gasteiger partial charge in [0.1, 0.15) is 0 Å². The first-order valence-corrected chi connectivity index (χ1v) is 9.03. The Morgan fingerprint density at radius 3 is 2.33 bits per heavy atom. The van der Waals surface area contributed by atoms with E-state index in [1.54, 1.807) is 0 Å². The molecule has 1 aliphatic carbocycles. The zero-order chi connectivity index (χ0) is 15.3. The number of nitrogens with one attached hydrogen (secondary N) is 1. The van der Waals surface area contributed by atoms with E-state index < -0.39 is 0 Å². The Bertz CT molecular complexity index is 294. The lowest BCUT2D eigenvalue weighted by Crippen LogP contribution is -2.50. The van der Waals surface area contributed by atoms with Crippen LogP contribution >= 0.6 is 0 Å². The molecule has 3 heteroatoms. The van der Waals surface area contributed by atoms with Gasteiger partial charge in [-0.2, -0.15) is 0 Å². The van der Waals surface area contributed by atoms with Crippen molar-refractivity contribution in [2.45, 2.75) is 59.4 Å². The van der Waals surface area contributed by atoms with Crippen LogP contribution in [0.15, 0.2) is 0 Å². The van der Waals surface area contributed by atoms with Crippen LogP contribution in [0, 0.1) is 17.3 Å². The van der Waals surface area contributed by atoms with Crippen molar-refractivity contribution in [2.24, 2.45) is 17.3 Å². The van der Waals surface area contributed by atoms with E-state index in [-0.39, 0.29) is 0 Å². The first-order valence-electron chi connectivity index (χ1n) is 9.03. The smallest absolute Gasteiger partial charge is 0.0472 e. The van der Waals surface area contributed by atoms with Crippen LogP contribution in [0.5, 0.6) is 0 Å². The summed E-state index contributed by atoms with van der Waals surface area (Å²) < 4.78 is 5.64.